The molecule has 2 bridgehead atoms. The van der Waals surface area contributed by atoms with Crippen molar-refractivity contribution < 1.29 is 9.59 Å². The van der Waals surface area contributed by atoms with Gasteiger partial charge >= 0.3 is 0 Å². The predicted octanol–water partition coefficient (Wildman–Crippen LogP) is 5.58. The standard InChI is InChI=1S/C30H23N3O2/c1-17-7-14-24-23(15-17)27(32-28(31-24)19-5-3-2-4-6-19)18-10-12-22(13-11-18)33-29(34)25-20-8-9-21(16-20)26(25)30(33)35/h2-15,20-21,25-26H,16H2,1H3/t20-,21+,25-,26+. The van der Waals surface area contributed by atoms with Crippen molar-refractivity contribution in [3.05, 3.63) is 90.5 Å². The fourth-order valence-electron chi connectivity index (χ4n) is 6.10. The number of aromatic nitrogens is 2. The Morgan fingerprint density at radius 1 is 0.771 bits per heavy atom. The van der Waals surface area contributed by atoms with Crippen molar-refractivity contribution in [3.63, 3.8) is 0 Å². The van der Waals surface area contributed by atoms with E-state index in [1.165, 1.54) is 4.90 Å². The summed E-state index contributed by atoms with van der Waals surface area (Å²) in [6.07, 6.45) is 5.18. The molecule has 35 heavy (non-hydrogen) atoms. The lowest BCUT2D eigenvalue weighted by Gasteiger charge is -2.18. The van der Waals surface area contributed by atoms with Gasteiger partial charge in [-0.25, -0.2) is 9.97 Å². The molecular formula is C30H23N3O2. The predicted molar refractivity (Wildman–Crippen MR) is 135 cm³/mol. The molecule has 7 rings (SSSR count). The van der Waals surface area contributed by atoms with Crippen molar-refractivity contribution >= 4 is 28.4 Å². The Labute approximate surface area is 203 Å². The average Bonchev–Trinajstić information content (AvgIpc) is 3.58. The first-order valence-electron chi connectivity index (χ1n) is 12.1. The maximum absolute atomic E-state index is 13.2. The molecule has 1 saturated heterocycles. The highest BCUT2D eigenvalue weighted by atomic mass is 16.2. The van der Waals surface area contributed by atoms with E-state index in [2.05, 4.69) is 31.2 Å². The molecule has 1 aromatic heterocycles. The number of rotatable bonds is 3. The number of hydrogen-bond acceptors (Lipinski definition) is 4. The van der Waals surface area contributed by atoms with Gasteiger partial charge < -0.3 is 0 Å². The molecule has 2 heterocycles. The average molecular weight is 458 g/mol. The molecule has 3 aliphatic rings. The van der Waals surface area contributed by atoms with Gasteiger partial charge in [-0.15, -0.1) is 0 Å². The number of imide groups is 1. The van der Waals surface area contributed by atoms with E-state index in [0.717, 1.165) is 39.7 Å². The Kier molecular flexibility index (Phi) is 4.31. The van der Waals surface area contributed by atoms with E-state index >= 15 is 0 Å². The fraction of sp³-hybridized carbons (Fsp3) is 0.200. The van der Waals surface area contributed by atoms with Crippen molar-refractivity contribution in [2.45, 2.75) is 13.3 Å². The Morgan fingerprint density at radius 2 is 1.46 bits per heavy atom. The molecule has 5 heteroatoms. The van der Waals surface area contributed by atoms with Gasteiger partial charge in [0.15, 0.2) is 5.82 Å². The van der Waals surface area contributed by atoms with Crippen LogP contribution in [0.2, 0.25) is 0 Å². The lowest BCUT2D eigenvalue weighted by molar-refractivity contribution is -0.123. The number of aryl methyl sites for hydroxylation is 1. The molecule has 1 saturated carbocycles. The zero-order valence-electron chi connectivity index (χ0n) is 19.3. The summed E-state index contributed by atoms with van der Waals surface area (Å²) in [5.41, 5.74) is 5.36. The van der Waals surface area contributed by atoms with E-state index in [1.807, 2.05) is 60.7 Å². The quantitative estimate of drug-likeness (QED) is 0.297. The third-order valence-corrected chi connectivity index (χ3v) is 7.75. The summed E-state index contributed by atoms with van der Waals surface area (Å²) in [4.78, 5) is 37.6. The van der Waals surface area contributed by atoms with Crippen LogP contribution in [-0.2, 0) is 9.59 Å². The summed E-state index contributed by atoms with van der Waals surface area (Å²) in [6.45, 7) is 2.06. The van der Waals surface area contributed by atoms with Gasteiger partial charge in [-0.3, -0.25) is 14.5 Å². The number of hydrogen-bond donors (Lipinski definition) is 0. The normalized spacial score (nSPS) is 24.5. The molecule has 4 atom stereocenters. The van der Waals surface area contributed by atoms with Gasteiger partial charge in [0.2, 0.25) is 11.8 Å². The second-order valence-electron chi connectivity index (χ2n) is 9.84. The van der Waals surface area contributed by atoms with Gasteiger partial charge in [0.1, 0.15) is 0 Å². The lowest BCUT2D eigenvalue weighted by Crippen LogP contribution is -2.32. The minimum atomic E-state index is -0.195. The number of allylic oxidation sites excluding steroid dienone is 2. The third-order valence-electron chi connectivity index (χ3n) is 7.75. The number of carbonyl (C=O) groups excluding carboxylic acids is 2. The Hall–Kier alpha value is -4.12. The van der Waals surface area contributed by atoms with Gasteiger partial charge in [-0.1, -0.05) is 66.2 Å². The summed E-state index contributed by atoms with van der Waals surface area (Å²) in [5.74, 6) is 0.578. The van der Waals surface area contributed by atoms with Crippen LogP contribution in [0.25, 0.3) is 33.5 Å². The van der Waals surface area contributed by atoms with Gasteiger partial charge in [0.05, 0.1) is 28.7 Å². The highest BCUT2D eigenvalue weighted by molar-refractivity contribution is 6.22. The zero-order valence-corrected chi connectivity index (χ0v) is 19.3. The van der Waals surface area contributed by atoms with Crippen molar-refractivity contribution in [1.29, 1.82) is 0 Å². The minimum Gasteiger partial charge on any atom is -0.274 e. The molecule has 2 amide bonds. The summed E-state index contributed by atoms with van der Waals surface area (Å²) in [5, 5.41) is 0.975. The molecule has 3 aromatic carbocycles. The van der Waals surface area contributed by atoms with Crippen LogP contribution in [0, 0.1) is 30.6 Å². The van der Waals surface area contributed by atoms with E-state index < -0.39 is 0 Å². The summed E-state index contributed by atoms with van der Waals surface area (Å²) in [6, 6.07) is 23.8. The molecule has 2 fully saturated rings. The molecule has 0 unspecified atom stereocenters. The molecule has 0 radical (unpaired) electrons. The monoisotopic (exact) mass is 457 g/mol. The number of amides is 2. The van der Waals surface area contributed by atoms with E-state index in [0.29, 0.717) is 11.5 Å². The van der Waals surface area contributed by atoms with E-state index in [4.69, 9.17) is 9.97 Å². The highest BCUT2D eigenvalue weighted by Gasteiger charge is 2.59. The zero-order chi connectivity index (χ0) is 23.7. The molecule has 2 aliphatic carbocycles. The molecule has 4 aromatic rings. The maximum Gasteiger partial charge on any atom is 0.238 e. The number of carbonyl (C=O) groups is 2. The first-order valence-corrected chi connectivity index (χ1v) is 12.1. The van der Waals surface area contributed by atoms with Crippen LogP contribution in [0.5, 0.6) is 0 Å². The van der Waals surface area contributed by atoms with Crippen molar-refractivity contribution in [3.8, 4) is 22.6 Å². The molecule has 5 nitrogen and oxygen atoms in total. The molecule has 0 spiro atoms. The summed E-state index contributed by atoms with van der Waals surface area (Å²) >= 11 is 0. The summed E-state index contributed by atoms with van der Waals surface area (Å²) in [7, 11) is 0. The number of benzene rings is 3. The van der Waals surface area contributed by atoms with Crippen LogP contribution >= 0.6 is 0 Å². The van der Waals surface area contributed by atoms with Crippen molar-refractivity contribution in [2.75, 3.05) is 4.90 Å². The Balaban J connectivity index is 1.30. The molecular weight excluding hydrogens is 434 g/mol. The Bertz CT molecular complexity index is 1510. The SMILES string of the molecule is Cc1ccc2nc(-c3ccccc3)nc(-c3ccc(N4C(=O)[C@@H]5[C@H](C4=O)[C@@H]4C=C[C@H]5C4)cc3)c2c1. The first kappa shape index (κ1) is 20.3. The van der Waals surface area contributed by atoms with E-state index in [-0.39, 0.29) is 35.5 Å². The second kappa shape index (κ2) is 7.44. The molecule has 0 N–H and O–H groups in total. The van der Waals surface area contributed by atoms with Crippen LogP contribution < -0.4 is 4.90 Å². The third kappa shape index (κ3) is 3.01. The Morgan fingerprint density at radius 3 is 2.14 bits per heavy atom. The summed E-state index contributed by atoms with van der Waals surface area (Å²) < 4.78 is 0. The number of anilines is 1. The van der Waals surface area contributed by atoms with Crippen LogP contribution in [0.15, 0.2) is 84.9 Å². The van der Waals surface area contributed by atoms with Crippen LogP contribution in [0.4, 0.5) is 5.69 Å². The van der Waals surface area contributed by atoms with Gasteiger partial charge in [-0.2, -0.15) is 0 Å². The lowest BCUT2D eigenvalue weighted by atomic mass is 9.85. The van der Waals surface area contributed by atoms with Gasteiger partial charge in [-0.05, 0) is 49.4 Å². The van der Waals surface area contributed by atoms with E-state index in [9.17, 15) is 9.59 Å². The fourth-order valence-corrected chi connectivity index (χ4v) is 6.10. The van der Waals surface area contributed by atoms with Crippen LogP contribution in [0.3, 0.4) is 0 Å². The number of fused-ring (bicyclic) bond motifs is 6. The smallest absolute Gasteiger partial charge is 0.238 e. The molecule has 170 valence electrons. The first-order chi connectivity index (χ1) is 17.1. The van der Waals surface area contributed by atoms with Gasteiger partial charge in [0.25, 0.3) is 0 Å². The maximum atomic E-state index is 13.2. The van der Waals surface area contributed by atoms with Crippen molar-refractivity contribution in [2.24, 2.45) is 23.7 Å². The van der Waals surface area contributed by atoms with E-state index in [1.54, 1.807) is 0 Å². The number of nitrogens with zero attached hydrogens (tertiary/aromatic N) is 3. The highest BCUT2D eigenvalue weighted by Crippen LogP contribution is 2.53. The van der Waals surface area contributed by atoms with Crippen LogP contribution in [-0.4, -0.2) is 21.8 Å². The minimum absolute atomic E-state index is 0.0564. The van der Waals surface area contributed by atoms with Crippen molar-refractivity contribution in [1.82, 2.24) is 9.97 Å². The second-order valence-corrected chi connectivity index (χ2v) is 9.84. The molecule has 1 aliphatic heterocycles. The topological polar surface area (TPSA) is 63.2 Å². The van der Waals surface area contributed by atoms with Gasteiger partial charge in [0, 0.05) is 16.5 Å². The van der Waals surface area contributed by atoms with Crippen LogP contribution in [0.1, 0.15) is 12.0 Å². The largest absolute Gasteiger partial charge is 0.274 e.